The first kappa shape index (κ1) is 18.3. The molecule has 0 saturated heterocycles. The number of hydrogen-bond donors (Lipinski definition) is 1. The summed E-state index contributed by atoms with van der Waals surface area (Å²) in [5, 5.41) is 2.84. The van der Waals surface area contributed by atoms with E-state index in [0.717, 1.165) is 21.7 Å². The highest BCUT2D eigenvalue weighted by Crippen LogP contribution is 2.35. The van der Waals surface area contributed by atoms with Crippen LogP contribution in [0, 0.1) is 0 Å². The summed E-state index contributed by atoms with van der Waals surface area (Å²) in [5.41, 5.74) is 4.02. The SMILES string of the molecule is C[C@H](NC(=O)OC(C)(C)C)c1ccc(-c2scnc2C2OC=CO2)cc1. The number of nitrogens with one attached hydrogen (secondary N) is 1. The number of carbonyl (C=O) groups is 1. The van der Waals surface area contributed by atoms with E-state index in [1.807, 2.05) is 52.0 Å². The molecule has 2 heterocycles. The fraction of sp³-hybridized carbons (Fsp3) is 0.368. The monoisotopic (exact) mass is 374 g/mol. The number of thiazole rings is 1. The lowest BCUT2D eigenvalue weighted by Crippen LogP contribution is -2.34. The Labute approximate surface area is 156 Å². The van der Waals surface area contributed by atoms with Gasteiger partial charge < -0.3 is 19.5 Å². The average molecular weight is 374 g/mol. The zero-order chi connectivity index (χ0) is 18.7. The fourth-order valence-electron chi connectivity index (χ4n) is 2.50. The van der Waals surface area contributed by atoms with Crippen LogP contribution in [0.5, 0.6) is 0 Å². The fourth-order valence-corrected chi connectivity index (χ4v) is 3.31. The van der Waals surface area contributed by atoms with Gasteiger partial charge in [-0.1, -0.05) is 24.3 Å². The van der Waals surface area contributed by atoms with E-state index in [-0.39, 0.29) is 6.04 Å². The van der Waals surface area contributed by atoms with E-state index in [1.54, 1.807) is 5.51 Å². The molecule has 3 rings (SSSR count). The molecule has 1 atom stereocenters. The maximum absolute atomic E-state index is 11.9. The first-order valence-corrected chi connectivity index (χ1v) is 9.20. The third kappa shape index (κ3) is 4.35. The Balaban J connectivity index is 1.69. The summed E-state index contributed by atoms with van der Waals surface area (Å²) in [6.45, 7) is 7.44. The van der Waals surface area contributed by atoms with Crippen LogP contribution >= 0.6 is 11.3 Å². The van der Waals surface area contributed by atoms with Crippen LogP contribution in [-0.2, 0) is 14.2 Å². The molecular formula is C19H22N2O4S. The summed E-state index contributed by atoms with van der Waals surface area (Å²) in [6.07, 6.45) is 2.10. The smallest absolute Gasteiger partial charge is 0.408 e. The van der Waals surface area contributed by atoms with Crippen LogP contribution in [0.4, 0.5) is 4.79 Å². The van der Waals surface area contributed by atoms with E-state index >= 15 is 0 Å². The van der Waals surface area contributed by atoms with Gasteiger partial charge in [-0.3, -0.25) is 0 Å². The van der Waals surface area contributed by atoms with E-state index in [4.69, 9.17) is 14.2 Å². The second-order valence-corrected chi connectivity index (χ2v) is 7.79. The number of amides is 1. The van der Waals surface area contributed by atoms with Crippen LogP contribution in [0.15, 0.2) is 42.3 Å². The van der Waals surface area contributed by atoms with E-state index in [0.29, 0.717) is 0 Å². The predicted molar refractivity (Wildman–Crippen MR) is 99.4 cm³/mol. The van der Waals surface area contributed by atoms with Crippen LogP contribution in [0.25, 0.3) is 10.4 Å². The lowest BCUT2D eigenvalue weighted by atomic mass is 10.0. The Kier molecular flexibility index (Phi) is 5.18. The first-order valence-electron chi connectivity index (χ1n) is 8.32. The van der Waals surface area contributed by atoms with Gasteiger partial charge in [-0.2, -0.15) is 0 Å². The van der Waals surface area contributed by atoms with Gasteiger partial charge in [0, 0.05) is 0 Å². The van der Waals surface area contributed by atoms with Gasteiger partial charge in [-0.05, 0) is 38.8 Å². The summed E-state index contributed by atoms with van der Waals surface area (Å²) in [4.78, 5) is 17.3. The number of ether oxygens (including phenoxy) is 3. The van der Waals surface area contributed by atoms with Crippen molar-refractivity contribution in [3.05, 3.63) is 53.6 Å². The van der Waals surface area contributed by atoms with Crippen molar-refractivity contribution in [1.29, 1.82) is 0 Å². The number of aromatic nitrogens is 1. The van der Waals surface area contributed by atoms with Gasteiger partial charge in [-0.15, -0.1) is 11.3 Å². The third-order valence-electron chi connectivity index (χ3n) is 3.68. The molecule has 0 saturated carbocycles. The summed E-state index contributed by atoms with van der Waals surface area (Å²) in [5.74, 6) is 0. The van der Waals surface area contributed by atoms with Gasteiger partial charge in [0.05, 0.1) is 16.4 Å². The molecule has 0 aliphatic carbocycles. The summed E-state index contributed by atoms with van der Waals surface area (Å²) < 4.78 is 16.1. The minimum atomic E-state index is -0.518. The van der Waals surface area contributed by atoms with Crippen molar-refractivity contribution < 1.29 is 19.0 Å². The molecule has 6 nitrogen and oxygen atoms in total. The zero-order valence-corrected chi connectivity index (χ0v) is 16.0. The molecule has 26 heavy (non-hydrogen) atoms. The summed E-state index contributed by atoms with van der Waals surface area (Å²) in [6, 6.07) is 7.81. The van der Waals surface area contributed by atoms with Crippen molar-refractivity contribution in [3.8, 4) is 10.4 Å². The molecule has 1 aromatic carbocycles. The largest absolute Gasteiger partial charge is 0.454 e. The summed E-state index contributed by atoms with van der Waals surface area (Å²) in [7, 11) is 0. The van der Waals surface area contributed by atoms with Crippen LogP contribution in [0.3, 0.4) is 0 Å². The topological polar surface area (TPSA) is 69.7 Å². The van der Waals surface area contributed by atoms with E-state index in [9.17, 15) is 4.79 Å². The van der Waals surface area contributed by atoms with Crippen molar-refractivity contribution in [2.75, 3.05) is 0 Å². The molecule has 138 valence electrons. The number of carbonyl (C=O) groups excluding carboxylic acids is 1. The molecule has 0 bridgehead atoms. The van der Waals surface area contributed by atoms with E-state index < -0.39 is 18.0 Å². The molecule has 7 heteroatoms. The molecular weight excluding hydrogens is 352 g/mol. The standard InChI is InChI=1S/C19H22N2O4S/c1-12(21-18(22)25-19(2,3)4)13-5-7-14(8-6-13)16-15(20-11-26-16)17-23-9-10-24-17/h5-12,17H,1-4H3,(H,21,22)/t12-/m0/s1. The van der Waals surface area contributed by atoms with Crippen LogP contribution in [0.1, 0.15) is 51.3 Å². The van der Waals surface area contributed by atoms with Crippen molar-refractivity contribution >= 4 is 17.4 Å². The quantitative estimate of drug-likeness (QED) is 0.823. The second kappa shape index (κ2) is 7.37. The van der Waals surface area contributed by atoms with Gasteiger partial charge in [0.25, 0.3) is 6.29 Å². The zero-order valence-electron chi connectivity index (χ0n) is 15.2. The van der Waals surface area contributed by atoms with Gasteiger partial charge in [0.1, 0.15) is 23.8 Å². The Morgan fingerprint density at radius 1 is 1.23 bits per heavy atom. The van der Waals surface area contributed by atoms with Crippen LogP contribution in [-0.4, -0.2) is 16.7 Å². The molecule has 0 unspecified atom stereocenters. The average Bonchev–Trinajstić information content (AvgIpc) is 3.24. The molecule has 0 spiro atoms. The molecule has 0 radical (unpaired) electrons. The molecule has 1 amide bonds. The van der Waals surface area contributed by atoms with E-state index in [2.05, 4.69) is 10.3 Å². The molecule has 0 fully saturated rings. The minimum absolute atomic E-state index is 0.162. The maximum atomic E-state index is 11.9. The van der Waals surface area contributed by atoms with Crippen molar-refractivity contribution in [2.45, 2.75) is 45.6 Å². The second-order valence-electron chi connectivity index (χ2n) is 6.93. The minimum Gasteiger partial charge on any atom is -0.454 e. The summed E-state index contributed by atoms with van der Waals surface area (Å²) >= 11 is 1.53. The van der Waals surface area contributed by atoms with Crippen molar-refractivity contribution in [2.24, 2.45) is 0 Å². The Bertz CT molecular complexity index is 785. The number of rotatable bonds is 4. The highest BCUT2D eigenvalue weighted by atomic mass is 32.1. The number of benzene rings is 1. The Hall–Kier alpha value is -2.54. The van der Waals surface area contributed by atoms with Crippen molar-refractivity contribution in [1.82, 2.24) is 10.3 Å². The molecule has 1 aliphatic heterocycles. The number of alkyl carbamates (subject to hydrolysis) is 1. The molecule has 2 aromatic rings. The normalized spacial score (nSPS) is 15.2. The number of hydrogen-bond acceptors (Lipinski definition) is 6. The molecule has 1 N–H and O–H groups in total. The predicted octanol–water partition coefficient (Wildman–Crippen LogP) is 4.91. The Morgan fingerprint density at radius 3 is 2.50 bits per heavy atom. The lowest BCUT2D eigenvalue weighted by Gasteiger charge is -2.22. The number of nitrogens with zero attached hydrogens (tertiary/aromatic N) is 1. The lowest BCUT2D eigenvalue weighted by molar-refractivity contribution is -0.0270. The van der Waals surface area contributed by atoms with E-state index in [1.165, 1.54) is 23.9 Å². The first-order chi connectivity index (χ1) is 12.3. The van der Waals surface area contributed by atoms with Gasteiger partial charge in [-0.25, -0.2) is 9.78 Å². The van der Waals surface area contributed by atoms with Crippen LogP contribution in [0.2, 0.25) is 0 Å². The van der Waals surface area contributed by atoms with Gasteiger partial charge in [0.2, 0.25) is 0 Å². The third-order valence-corrected chi connectivity index (χ3v) is 4.58. The maximum Gasteiger partial charge on any atom is 0.408 e. The molecule has 1 aliphatic rings. The van der Waals surface area contributed by atoms with Gasteiger partial charge >= 0.3 is 6.09 Å². The molecule has 1 aromatic heterocycles. The van der Waals surface area contributed by atoms with Crippen LogP contribution < -0.4 is 5.32 Å². The highest BCUT2D eigenvalue weighted by molar-refractivity contribution is 7.13. The Morgan fingerprint density at radius 2 is 1.88 bits per heavy atom. The highest BCUT2D eigenvalue weighted by Gasteiger charge is 2.23. The van der Waals surface area contributed by atoms with Gasteiger partial charge in [0.15, 0.2) is 0 Å². The van der Waals surface area contributed by atoms with Crippen molar-refractivity contribution in [3.63, 3.8) is 0 Å².